The van der Waals surface area contributed by atoms with E-state index in [4.69, 9.17) is 16.3 Å². The van der Waals surface area contributed by atoms with E-state index in [0.717, 1.165) is 4.47 Å². The van der Waals surface area contributed by atoms with E-state index in [2.05, 4.69) is 15.9 Å². The predicted molar refractivity (Wildman–Crippen MR) is 61.0 cm³/mol. The molecule has 1 aromatic carbocycles. The molecule has 2 rings (SSSR count). The lowest BCUT2D eigenvalue weighted by molar-refractivity contribution is 0.0695. The largest absolute Gasteiger partial charge is 0.359 e. The molecule has 0 unspecified atom stereocenters. The second-order valence-electron chi connectivity index (χ2n) is 3.23. The fourth-order valence-corrected chi connectivity index (χ4v) is 1.88. The zero-order valence-corrected chi connectivity index (χ0v) is 10.2. The molecule has 1 aromatic rings. The number of hydrogen-bond donors (Lipinski definition) is 0. The highest BCUT2D eigenvalue weighted by Crippen LogP contribution is 2.24. The Morgan fingerprint density at radius 3 is 2.93 bits per heavy atom. The molecule has 1 aliphatic heterocycles. The van der Waals surface area contributed by atoms with Crippen LogP contribution in [0, 0.1) is 0 Å². The Bertz CT molecular complexity index is 391. The molecule has 3 nitrogen and oxygen atoms in total. The van der Waals surface area contributed by atoms with Gasteiger partial charge < -0.3 is 9.64 Å². The van der Waals surface area contributed by atoms with Crippen LogP contribution in [-0.4, -0.2) is 30.7 Å². The van der Waals surface area contributed by atoms with E-state index < -0.39 is 0 Å². The van der Waals surface area contributed by atoms with Gasteiger partial charge >= 0.3 is 0 Å². The third-order valence-corrected chi connectivity index (χ3v) is 3.42. The van der Waals surface area contributed by atoms with Gasteiger partial charge in [0.15, 0.2) is 0 Å². The van der Waals surface area contributed by atoms with Crippen molar-refractivity contribution in [1.82, 2.24) is 4.90 Å². The molecule has 0 aromatic heterocycles. The van der Waals surface area contributed by atoms with Gasteiger partial charge in [0, 0.05) is 16.6 Å². The molecule has 0 spiro atoms. The summed E-state index contributed by atoms with van der Waals surface area (Å²) < 4.78 is 5.85. The molecular formula is C10H9BrClNO2. The molecule has 5 heteroatoms. The number of nitrogens with zero attached hydrogens (tertiary/aromatic N) is 1. The number of halogens is 2. The first-order chi connectivity index (χ1) is 7.18. The molecule has 15 heavy (non-hydrogen) atoms. The summed E-state index contributed by atoms with van der Waals surface area (Å²) in [6, 6.07) is 5.15. The molecule has 0 radical (unpaired) electrons. The lowest BCUT2D eigenvalue weighted by Crippen LogP contribution is -2.28. The molecule has 80 valence electrons. The van der Waals surface area contributed by atoms with Crippen molar-refractivity contribution in [2.45, 2.75) is 0 Å². The number of amides is 1. The standard InChI is InChI=1S/C10H9BrClNO2/c11-8-5-7(1-2-9(8)12)10(14)13-3-4-15-6-13/h1-2,5H,3-4,6H2. The second-order valence-corrected chi connectivity index (χ2v) is 4.50. The van der Waals surface area contributed by atoms with Gasteiger partial charge in [-0.15, -0.1) is 0 Å². The molecular weight excluding hydrogens is 281 g/mol. The number of carbonyl (C=O) groups excluding carboxylic acids is 1. The average Bonchev–Trinajstić information content (AvgIpc) is 2.74. The summed E-state index contributed by atoms with van der Waals surface area (Å²) in [6.45, 7) is 1.64. The van der Waals surface area contributed by atoms with E-state index >= 15 is 0 Å². The quantitative estimate of drug-likeness (QED) is 0.795. The van der Waals surface area contributed by atoms with Crippen LogP contribution in [0.25, 0.3) is 0 Å². The summed E-state index contributed by atoms with van der Waals surface area (Å²) in [4.78, 5) is 13.6. The van der Waals surface area contributed by atoms with Crippen LogP contribution in [0.2, 0.25) is 5.02 Å². The maximum absolute atomic E-state index is 11.9. The molecule has 1 heterocycles. The highest BCUT2D eigenvalue weighted by atomic mass is 79.9. The Kier molecular flexibility index (Phi) is 3.29. The van der Waals surface area contributed by atoms with Gasteiger partial charge in [0.25, 0.3) is 5.91 Å². The summed E-state index contributed by atoms with van der Waals surface area (Å²) in [6.07, 6.45) is 0. The van der Waals surface area contributed by atoms with Crippen molar-refractivity contribution in [2.75, 3.05) is 19.9 Å². The van der Waals surface area contributed by atoms with Crippen LogP contribution < -0.4 is 0 Å². The molecule has 0 bridgehead atoms. The Balaban J connectivity index is 2.21. The van der Waals surface area contributed by atoms with Gasteiger partial charge in [-0.05, 0) is 34.1 Å². The number of rotatable bonds is 1. The summed E-state index contributed by atoms with van der Waals surface area (Å²) >= 11 is 9.14. The topological polar surface area (TPSA) is 29.5 Å². The maximum Gasteiger partial charge on any atom is 0.255 e. The zero-order valence-electron chi connectivity index (χ0n) is 7.87. The van der Waals surface area contributed by atoms with Gasteiger partial charge in [-0.3, -0.25) is 4.79 Å². The first-order valence-electron chi connectivity index (χ1n) is 4.50. The molecule has 0 N–H and O–H groups in total. The van der Waals surface area contributed by atoms with Gasteiger partial charge in [-0.25, -0.2) is 0 Å². The number of carbonyl (C=O) groups is 1. The number of benzene rings is 1. The van der Waals surface area contributed by atoms with Crippen molar-refractivity contribution in [2.24, 2.45) is 0 Å². The second kappa shape index (κ2) is 4.51. The van der Waals surface area contributed by atoms with E-state index in [1.165, 1.54) is 0 Å². The van der Waals surface area contributed by atoms with Gasteiger partial charge in [0.1, 0.15) is 6.73 Å². The highest BCUT2D eigenvalue weighted by Gasteiger charge is 2.20. The normalized spacial score (nSPS) is 15.7. The minimum absolute atomic E-state index is 0.0233. The average molecular weight is 291 g/mol. The molecule has 1 saturated heterocycles. The van der Waals surface area contributed by atoms with E-state index in [0.29, 0.717) is 30.5 Å². The summed E-state index contributed by atoms with van der Waals surface area (Å²) in [5, 5.41) is 0.601. The van der Waals surface area contributed by atoms with Crippen LogP contribution in [0.3, 0.4) is 0 Å². The smallest absolute Gasteiger partial charge is 0.255 e. The molecule has 1 amide bonds. The minimum Gasteiger partial charge on any atom is -0.359 e. The lowest BCUT2D eigenvalue weighted by Gasteiger charge is -2.13. The Morgan fingerprint density at radius 2 is 2.33 bits per heavy atom. The molecule has 0 aliphatic carbocycles. The third kappa shape index (κ3) is 2.33. The fourth-order valence-electron chi connectivity index (χ4n) is 1.39. The maximum atomic E-state index is 11.9. The van der Waals surface area contributed by atoms with Crippen LogP contribution in [0.4, 0.5) is 0 Å². The van der Waals surface area contributed by atoms with Crippen LogP contribution >= 0.6 is 27.5 Å². The molecule has 0 atom stereocenters. The van der Waals surface area contributed by atoms with E-state index in [-0.39, 0.29) is 5.91 Å². The van der Waals surface area contributed by atoms with Gasteiger partial charge in [0.2, 0.25) is 0 Å². The van der Waals surface area contributed by atoms with Crippen molar-refractivity contribution in [3.05, 3.63) is 33.3 Å². The zero-order chi connectivity index (χ0) is 10.8. The van der Waals surface area contributed by atoms with Crippen molar-refractivity contribution in [1.29, 1.82) is 0 Å². The summed E-state index contributed by atoms with van der Waals surface area (Å²) in [7, 11) is 0. The first kappa shape index (κ1) is 10.9. The van der Waals surface area contributed by atoms with E-state index in [1.807, 2.05) is 0 Å². The Labute approximate surface area is 101 Å². The first-order valence-corrected chi connectivity index (χ1v) is 5.67. The van der Waals surface area contributed by atoms with Crippen LogP contribution in [0.5, 0.6) is 0 Å². The predicted octanol–water partition coefficient (Wildman–Crippen LogP) is 2.53. The van der Waals surface area contributed by atoms with Crippen molar-refractivity contribution >= 4 is 33.4 Å². The van der Waals surface area contributed by atoms with E-state index in [9.17, 15) is 4.79 Å². The van der Waals surface area contributed by atoms with Crippen molar-refractivity contribution in [3.63, 3.8) is 0 Å². The molecule has 0 saturated carbocycles. The van der Waals surface area contributed by atoms with Gasteiger partial charge in [-0.1, -0.05) is 11.6 Å². The van der Waals surface area contributed by atoms with Crippen LogP contribution in [-0.2, 0) is 4.74 Å². The summed E-state index contributed by atoms with van der Waals surface area (Å²) in [5.41, 5.74) is 0.622. The Hall–Kier alpha value is -0.580. The van der Waals surface area contributed by atoms with E-state index in [1.54, 1.807) is 23.1 Å². The SMILES string of the molecule is O=C(c1ccc(Cl)c(Br)c1)N1CCOC1. The third-order valence-electron chi connectivity index (χ3n) is 2.21. The molecule has 1 fully saturated rings. The number of hydrogen-bond acceptors (Lipinski definition) is 2. The highest BCUT2D eigenvalue weighted by molar-refractivity contribution is 9.10. The monoisotopic (exact) mass is 289 g/mol. The van der Waals surface area contributed by atoms with Crippen LogP contribution in [0.1, 0.15) is 10.4 Å². The lowest BCUT2D eigenvalue weighted by atomic mass is 10.2. The number of ether oxygens (including phenoxy) is 1. The molecule has 1 aliphatic rings. The van der Waals surface area contributed by atoms with Crippen molar-refractivity contribution in [3.8, 4) is 0 Å². The fraction of sp³-hybridized carbons (Fsp3) is 0.300. The summed E-state index contributed by atoms with van der Waals surface area (Å²) in [5.74, 6) is -0.0233. The van der Waals surface area contributed by atoms with Crippen molar-refractivity contribution < 1.29 is 9.53 Å². The minimum atomic E-state index is -0.0233. The van der Waals surface area contributed by atoms with Gasteiger partial charge in [0.05, 0.1) is 11.6 Å². The Morgan fingerprint density at radius 1 is 1.53 bits per heavy atom. The van der Waals surface area contributed by atoms with Crippen LogP contribution in [0.15, 0.2) is 22.7 Å². The van der Waals surface area contributed by atoms with Gasteiger partial charge in [-0.2, -0.15) is 0 Å².